The topological polar surface area (TPSA) is 75.3 Å². The van der Waals surface area contributed by atoms with E-state index in [2.05, 4.69) is 5.32 Å². The molecule has 104 valence electrons. The predicted octanol–water partition coefficient (Wildman–Crippen LogP) is 1.78. The maximum atomic E-state index is 12.2. The van der Waals surface area contributed by atoms with Crippen molar-refractivity contribution in [2.45, 2.75) is 33.1 Å². The first kappa shape index (κ1) is 13.9. The van der Waals surface area contributed by atoms with Crippen LogP contribution in [0.1, 0.15) is 40.7 Å². The van der Waals surface area contributed by atoms with Crippen LogP contribution in [-0.2, 0) is 0 Å². The van der Waals surface area contributed by atoms with Crippen LogP contribution in [-0.4, -0.2) is 24.2 Å². The number of carbonyl (C=O) groups excluding carboxylic acids is 1. The second kappa shape index (κ2) is 5.21. The number of carbonyl (C=O) groups is 1. The van der Waals surface area contributed by atoms with E-state index in [0.29, 0.717) is 17.8 Å². The average Bonchev–Trinajstić information content (AvgIpc) is 3.12. The van der Waals surface area contributed by atoms with E-state index in [4.69, 9.17) is 10.8 Å². The Morgan fingerprint density at radius 3 is 2.63 bits per heavy atom. The molecule has 1 aromatic rings. The fourth-order valence-corrected chi connectivity index (χ4v) is 2.41. The van der Waals surface area contributed by atoms with Crippen LogP contribution in [0.3, 0.4) is 0 Å². The van der Waals surface area contributed by atoms with Gasteiger partial charge in [0, 0.05) is 24.4 Å². The van der Waals surface area contributed by atoms with Crippen LogP contribution in [0.5, 0.6) is 0 Å². The van der Waals surface area contributed by atoms with Crippen LogP contribution in [0.2, 0.25) is 0 Å². The lowest BCUT2D eigenvalue weighted by Crippen LogP contribution is -2.31. The van der Waals surface area contributed by atoms with Crippen molar-refractivity contribution in [2.24, 2.45) is 5.41 Å². The summed E-state index contributed by atoms with van der Waals surface area (Å²) < 4.78 is 0. The third-order valence-electron chi connectivity index (χ3n) is 4.08. The first-order chi connectivity index (χ1) is 8.97. The van der Waals surface area contributed by atoms with Crippen molar-refractivity contribution in [1.82, 2.24) is 5.32 Å². The van der Waals surface area contributed by atoms with Gasteiger partial charge in [0.25, 0.3) is 5.91 Å². The Labute approximate surface area is 114 Å². The molecule has 0 unspecified atom stereocenters. The van der Waals surface area contributed by atoms with Gasteiger partial charge in [0.05, 0.1) is 0 Å². The van der Waals surface area contributed by atoms with E-state index in [1.807, 2.05) is 19.9 Å². The minimum absolute atomic E-state index is 0.0755. The molecule has 19 heavy (non-hydrogen) atoms. The highest BCUT2D eigenvalue weighted by atomic mass is 16.3. The molecule has 1 saturated carbocycles. The zero-order valence-electron chi connectivity index (χ0n) is 11.6. The van der Waals surface area contributed by atoms with E-state index in [9.17, 15) is 4.79 Å². The number of nitrogens with two attached hydrogens (primary N) is 1. The Bertz CT molecular complexity index is 493. The van der Waals surface area contributed by atoms with Crippen molar-refractivity contribution in [3.8, 4) is 0 Å². The molecule has 1 fully saturated rings. The standard InChI is InChI=1S/C15H22N2O2/c1-10-7-11(2)13(16)8-12(10)14(19)17-9-15(3-4-15)5-6-18/h7-8,18H,3-6,9,16H2,1-2H3,(H,17,19). The largest absolute Gasteiger partial charge is 0.398 e. The maximum Gasteiger partial charge on any atom is 0.251 e. The predicted molar refractivity (Wildman–Crippen MR) is 76.0 cm³/mol. The summed E-state index contributed by atoms with van der Waals surface area (Å²) in [6.45, 7) is 4.68. The van der Waals surface area contributed by atoms with Gasteiger partial charge >= 0.3 is 0 Å². The quantitative estimate of drug-likeness (QED) is 0.708. The number of hydrogen-bond acceptors (Lipinski definition) is 3. The molecular formula is C15H22N2O2. The Morgan fingerprint density at radius 1 is 1.37 bits per heavy atom. The molecule has 0 atom stereocenters. The third kappa shape index (κ3) is 3.07. The second-order valence-corrected chi connectivity index (χ2v) is 5.68. The number of aliphatic hydroxyl groups is 1. The van der Waals surface area contributed by atoms with Crippen LogP contribution < -0.4 is 11.1 Å². The number of benzene rings is 1. The van der Waals surface area contributed by atoms with Gasteiger partial charge in [-0.25, -0.2) is 0 Å². The maximum absolute atomic E-state index is 12.2. The number of nitrogens with one attached hydrogen (secondary N) is 1. The van der Waals surface area contributed by atoms with Gasteiger partial charge in [-0.2, -0.15) is 0 Å². The van der Waals surface area contributed by atoms with Crippen molar-refractivity contribution in [2.75, 3.05) is 18.9 Å². The van der Waals surface area contributed by atoms with Gasteiger partial charge in [0.2, 0.25) is 0 Å². The van der Waals surface area contributed by atoms with Crippen LogP contribution in [0.15, 0.2) is 12.1 Å². The number of aliphatic hydroxyl groups excluding tert-OH is 1. The van der Waals surface area contributed by atoms with E-state index < -0.39 is 0 Å². The molecule has 0 spiro atoms. The molecule has 0 saturated heterocycles. The van der Waals surface area contributed by atoms with Crippen LogP contribution in [0.25, 0.3) is 0 Å². The number of rotatable bonds is 5. The molecule has 1 aromatic carbocycles. The SMILES string of the molecule is Cc1cc(C)c(C(=O)NCC2(CCO)CC2)cc1N. The van der Waals surface area contributed by atoms with Crippen LogP contribution >= 0.6 is 0 Å². The smallest absolute Gasteiger partial charge is 0.251 e. The number of aryl methyl sites for hydroxylation is 2. The Balaban J connectivity index is 2.02. The molecule has 4 nitrogen and oxygen atoms in total. The molecule has 0 radical (unpaired) electrons. The van der Waals surface area contributed by atoms with Crippen molar-refractivity contribution < 1.29 is 9.90 Å². The number of amides is 1. The summed E-state index contributed by atoms with van der Waals surface area (Å²) in [5.74, 6) is -0.0755. The molecule has 4 heteroatoms. The van der Waals surface area contributed by atoms with E-state index in [-0.39, 0.29) is 17.9 Å². The summed E-state index contributed by atoms with van der Waals surface area (Å²) in [6, 6.07) is 3.68. The monoisotopic (exact) mass is 262 g/mol. The first-order valence-corrected chi connectivity index (χ1v) is 6.73. The summed E-state index contributed by atoms with van der Waals surface area (Å²) >= 11 is 0. The minimum atomic E-state index is -0.0755. The number of hydrogen-bond donors (Lipinski definition) is 3. The van der Waals surface area contributed by atoms with Crippen molar-refractivity contribution >= 4 is 11.6 Å². The summed E-state index contributed by atoms with van der Waals surface area (Å²) in [7, 11) is 0. The van der Waals surface area contributed by atoms with Gasteiger partial charge in [-0.15, -0.1) is 0 Å². The fourth-order valence-electron chi connectivity index (χ4n) is 2.41. The Kier molecular flexibility index (Phi) is 3.80. The highest BCUT2D eigenvalue weighted by molar-refractivity contribution is 5.96. The Hall–Kier alpha value is -1.55. The molecule has 2 rings (SSSR count). The summed E-state index contributed by atoms with van der Waals surface area (Å²) in [4.78, 5) is 12.2. The molecule has 1 amide bonds. The lowest BCUT2D eigenvalue weighted by molar-refractivity contribution is 0.0940. The van der Waals surface area contributed by atoms with E-state index >= 15 is 0 Å². The summed E-state index contributed by atoms with van der Waals surface area (Å²) in [5, 5.41) is 12.0. The lowest BCUT2D eigenvalue weighted by atomic mass is 10.0. The van der Waals surface area contributed by atoms with Gasteiger partial charge in [-0.3, -0.25) is 4.79 Å². The van der Waals surface area contributed by atoms with Gasteiger partial charge in [0.1, 0.15) is 0 Å². The van der Waals surface area contributed by atoms with Gasteiger partial charge in [-0.1, -0.05) is 6.07 Å². The molecule has 0 bridgehead atoms. The Morgan fingerprint density at radius 2 is 2.05 bits per heavy atom. The van der Waals surface area contributed by atoms with Gasteiger partial charge in [-0.05, 0) is 55.7 Å². The van der Waals surface area contributed by atoms with Crippen molar-refractivity contribution in [1.29, 1.82) is 0 Å². The highest BCUT2D eigenvalue weighted by Crippen LogP contribution is 2.47. The third-order valence-corrected chi connectivity index (χ3v) is 4.08. The molecule has 0 aliphatic heterocycles. The van der Waals surface area contributed by atoms with E-state index in [0.717, 1.165) is 30.4 Å². The highest BCUT2D eigenvalue weighted by Gasteiger charge is 2.41. The lowest BCUT2D eigenvalue weighted by Gasteiger charge is -2.16. The zero-order valence-corrected chi connectivity index (χ0v) is 11.6. The number of nitrogen functional groups attached to an aromatic ring is 1. The van der Waals surface area contributed by atoms with Crippen LogP contribution in [0, 0.1) is 19.3 Å². The molecule has 1 aliphatic carbocycles. The molecule has 1 aliphatic rings. The normalized spacial score (nSPS) is 16.2. The van der Waals surface area contributed by atoms with Gasteiger partial charge in [0.15, 0.2) is 0 Å². The first-order valence-electron chi connectivity index (χ1n) is 6.73. The molecule has 0 heterocycles. The second-order valence-electron chi connectivity index (χ2n) is 5.68. The zero-order chi connectivity index (χ0) is 14.0. The summed E-state index contributed by atoms with van der Waals surface area (Å²) in [5.41, 5.74) is 9.21. The summed E-state index contributed by atoms with van der Waals surface area (Å²) in [6.07, 6.45) is 2.94. The van der Waals surface area contributed by atoms with E-state index in [1.165, 1.54) is 0 Å². The fraction of sp³-hybridized carbons (Fsp3) is 0.533. The van der Waals surface area contributed by atoms with Gasteiger partial charge < -0.3 is 16.2 Å². The minimum Gasteiger partial charge on any atom is -0.398 e. The molecular weight excluding hydrogens is 240 g/mol. The van der Waals surface area contributed by atoms with Crippen molar-refractivity contribution in [3.05, 3.63) is 28.8 Å². The molecule has 4 N–H and O–H groups in total. The van der Waals surface area contributed by atoms with Crippen LogP contribution in [0.4, 0.5) is 5.69 Å². The van der Waals surface area contributed by atoms with E-state index in [1.54, 1.807) is 6.07 Å². The number of anilines is 1. The molecule has 0 aromatic heterocycles. The average molecular weight is 262 g/mol. The van der Waals surface area contributed by atoms with Crippen molar-refractivity contribution in [3.63, 3.8) is 0 Å².